The lowest BCUT2D eigenvalue weighted by molar-refractivity contribution is -0.110. The van der Waals surface area contributed by atoms with Gasteiger partial charge in [-0.15, -0.1) is 0 Å². The van der Waals surface area contributed by atoms with Crippen LogP contribution in [-0.4, -0.2) is 49.5 Å². The van der Waals surface area contributed by atoms with Crippen molar-refractivity contribution in [1.82, 2.24) is 4.98 Å². The molecule has 1 heterocycles. The van der Waals surface area contributed by atoms with Gasteiger partial charge < -0.3 is 9.57 Å². The lowest BCUT2D eigenvalue weighted by Crippen LogP contribution is -2.25. The largest absolute Gasteiger partial charge is 0.465 e. The van der Waals surface area contributed by atoms with Gasteiger partial charge in [-0.2, -0.15) is 0 Å². The fourth-order valence-electron chi connectivity index (χ4n) is 3.40. The normalized spacial score (nSPS) is 17.2. The average Bonchev–Trinajstić information content (AvgIpc) is 3.35. The molecule has 11 heteroatoms. The Kier molecular flexibility index (Phi) is 6.56. The smallest absolute Gasteiger partial charge is 0.349 e. The maximum Gasteiger partial charge on any atom is 0.349 e. The van der Waals surface area contributed by atoms with Gasteiger partial charge >= 0.3 is 5.97 Å². The molecule has 170 valence electrons. The zero-order chi connectivity index (χ0) is 22.7. The third-order valence-electron chi connectivity index (χ3n) is 5.34. The maximum atomic E-state index is 13.0. The van der Waals surface area contributed by atoms with Gasteiger partial charge in [0.15, 0.2) is 20.7 Å². The number of amides is 1. The molecule has 0 bridgehead atoms. The molecule has 2 aliphatic carbocycles. The summed E-state index contributed by atoms with van der Waals surface area (Å²) in [5, 5.41) is 6.62. The molecule has 0 aliphatic heterocycles. The topological polar surface area (TPSA) is 124 Å². The van der Waals surface area contributed by atoms with Crippen LogP contribution in [0.4, 0.5) is 5.13 Å². The number of thiazole rings is 1. The van der Waals surface area contributed by atoms with Crippen molar-refractivity contribution in [3.05, 3.63) is 40.9 Å². The monoisotopic (exact) mass is 477 g/mol. The van der Waals surface area contributed by atoms with Crippen LogP contribution in [0.15, 0.2) is 40.5 Å². The lowest BCUT2D eigenvalue weighted by atomic mass is 10.1. The number of methoxy groups -OCH3 is 1. The number of carbonyl (C=O) groups is 2. The molecule has 1 aromatic heterocycles. The minimum absolute atomic E-state index is 0.00193. The van der Waals surface area contributed by atoms with Crippen LogP contribution in [0.2, 0.25) is 0 Å². The molecule has 2 fully saturated rings. The van der Waals surface area contributed by atoms with Crippen LogP contribution in [0.3, 0.4) is 0 Å². The second kappa shape index (κ2) is 9.37. The van der Waals surface area contributed by atoms with Gasteiger partial charge in [-0.1, -0.05) is 28.6 Å². The Morgan fingerprint density at radius 1 is 1.12 bits per heavy atom. The summed E-state index contributed by atoms with van der Waals surface area (Å²) in [6, 6.07) is 6.07. The molecule has 0 saturated heterocycles. The van der Waals surface area contributed by atoms with Crippen molar-refractivity contribution < 1.29 is 27.6 Å². The number of aromatic nitrogens is 1. The number of esters is 1. The Balaban J connectivity index is 1.56. The van der Waals surface area contributed by atoms with E-state index in [1.54, 1.807) is 12.1 Å². The predicted molar refractivity (Wildman–Crippen MR) is 119 cm³/mol. The molecule has 4 rings (SSSR count). The molecule has 2 saturated carbocycles. The highest BCUT2D eigenvalue weighted by Crippen LogP contribution is 2.33. The summed E-state index contributed by atoms with van der Waals surface area (Å²) in [5.74, 6) is -1.12. The van der Waals surface area contributed by atoms with Crippen LogP contribution in [0, 0.1) is 0 Å². The van der Waals surface area contributed by atoms with E-state index in [9.17, 15) is 18.0 Å². The fraction of sp³-hybridized carbons (Fsp3) is 0.429. The molecule has 32 heavy (non-hydrogen) atoms. The van der Waals surface area contributed by atoms with Crippen LogP contribution < -0.4 is 5.32 Å². The third kappa shape index (κ3) is 4.99. The van der Waals surface area contributed by atoms with Gasteiger partial charge in [0.25, 0.3) is 5.91 Å². The fourth-order valence-corrected chi connectivity index (χ4v) is 5.79. The first-order valence-corrected chi connectivity index (χ1v) is 12.7. The van der Waals surface area contributed by atoms with Crippen molar-refractivity contribution in [2.75, 3.05) is 12.4 Å². The van der Waals surface area contributed by atoms with Crippen molar-refractivity contribution in [3.8, 4) is 0 Å². The second-order valence-electron chi connectivity index (χ2n) is 7.70. The second-order valence-corrected chi connectivity index (χ2v) is 11.0. The van der Waals surface area contributed by atoms with E-state index in [1.165, 1.54) is 25.4 Å². The summed E-state index contributed by atoms with van der Waals surface area (Å²) in [6.07, 6.45) is 6.44. The number of nitrogens with one attached hydrogen (secondary N) is 1. The van der Waals surface area contributed by atoms with Crippen molar-refractivity contribution in [3.63, 3.8) is 0 Å². The molecule has 2 aliphatic rings. The number of hydrogen-bond donors (Lipinski definition) is 1. The van der Waals surface area contributed by atoms with Gasteiger partial charge in [0.1, 0.15) is 11.0 Å². The summed E-state index contributed by atoms with van der Waals surface area (Å²) in [7, 11) is -2.07. The Morgan fingerprint density at radius 3 is 2.44 bits per heavy atom. The van der Waals surface area contributed by atoms with Crippen LogP contribution in [0.5, 0.6) is 0 Å². The van der Waals surface area contributed by atoms with Gasteiger partial charge in [-0.05, 0) is 50.7 Å². The summed E-state index contributed by atoms with van der Waals surface area (Å²) in [6.45, 7) is 0. The van der Waals surface area contributed by atoms with E-state index in [4.69, 9.17) is 4.84 Å². The first-order valence-electron chi connectivity index (χ1n) is 10.3. The maximum absolute atomic E-state index is 13.0. The molecule has 0 unspecified atom stereocenters. The zero-order valence-electron chi connectivity index (χ0n) is 17.4. The number of rotatable bonds is 8. The van der Waals surface area contributed by atoms with Crippen molar-refractivity contribution >= 4 is 43.9 Å². The quantitative estimate of drug-likeness (QED) is 0.352. The highest BCUT2D eigenvalue weighted by atomic mass is 32.2. The van der Waals surface area contributed by atoms with Gasteiger partial charge in [0, 0.05) is 5.56 Å². The standard InChI is InChI=1S/C21H23N3O6S2/c1-29-20(26)17-12-22-21(31-17)23-19(25)18(24-30-14-4-2-3-5-14)13-6-8-15(9-7-13)32(27,28)16-10-11-16/h6-9,12,14,16H,2-5,10-11H2,1H3,(H,22,23,25)/b24-18+. The van der Waals surface area contributed by atoms with E-state index in [1.807, 2.05) is 0 Å². The molecule has 0 spiro atoms. The first-order chi connectivity index (χ1) is 15.4. The highest BCUT2D eigenvalue weighted by molar-refractivity contribution is 7.92. The van der Waals surface area contributed by atoms with E-state index in [-0.39, 0.29) is 32.0 Å². The molecule has 1 aromatic carbocycles. The summed E-state index contributed by atoms with van der Waals surface area (Å²) in [4.78, 5) is 34.7. The Morgan fingerprint density at radius 2 is 1.81 bits per heavy atom. The molecule has 1 N–H and O–H groups in total. The highest BCUT2D eigenvalue weighted by Gasteiger charge is 2.36. The van der Waals surface area contributed by atoms with Crippen LogP contribution in [0.1, 0.15) is 53.8 Å². The molecule has 9 nitrogen and oxygen atoms in total. The Hall–Kier alpha value is -2.79. The number of anilines is 1. The number of oxime groups is 1. The summed E-state index contributed by atoms with van der Waals surface area (Å²) in [5.41, 5.74) is 0.419. The third-order valence-corrected chi connectivity index (χ3v) is 8.51. The molecular weight excluding hydrogens is 454 g/mol. The van der Waals surface area contributed by atoms with Crippen molar-refractivity contribution in [1.29, 1.82) is 0 Å². The summed E-state index contributed by atoms with van der Waals surface area (Å²) < 4.78 is 29.6. The van der Waals surface area contributed by atoms with Gasteiger partial charge in [0.05, 0.1) is 23.5 Å². The van der Waals surface area contributed by atoms with Crippen LogP contribution in [0.25, 0.3) is 0 Å². The molecule has 0 atom stereocenters. The summed E-state index contributed by atoms with van der Waals surface area (Å²) >= 11 is 0.973. The van der Waals surface area contributed by atoms with E-state index in [0.717, 1.165) is 37.0 Å². The van der Waals surface area contributed by atoms with Crippen molar-refractivity contribution in [2.45, 2.75) is 54.8 Å². The van der Waals surface area contributed by atoms with Crippen LogP contribution >= 0.6 is 11.3 Å². The van der Waals surface area contributed by atoms with E-state index in [0.29, 0.717) is 18.4 Å². The molecule has 0 radical (unpaired) electrons. The minimum Gasteiger partial charge on any atom is -0.465 e. The SMILES string of the molecule is COC(=O)c1cnc(NC(=O)/C(=N/OC2CCCC2)c2ccc(S(=O)(=O)C3CC3)cc2)s1. The van der Waals surface area contributed by atoms with Gasteiger partial charge in [-0.25, -0.2) is 18.2 Å². The lowest BCUT2D eigenvalue weighted by Gasteiger charge is -2.11. The number of hydrogen-bond acceptors (Lipinski definition) is 9. The van der Waals surface area contributed by atoms with Crippen LogP contribution in [-0.2, 0) is 24.2 Å². The number of carbonyl (C=O) groups excluding carboxylic acids is 2. The molecule has 2 aromatic rings. The number of benzene rings is 1. The predicted octanol–water partition coefficient (Wildman–Crippen LogP) is 3.17. The molecule has 1 amide bonds. The molecular formula is C21H23N3O6S2. The zero-order valence-corrected chi connectivity index (χ0v) is 19.1. The number of nitrogens with zero attached hydrogens (tertiary/aromatic N) is 2. The van der Waals surface area contributed by atoms with Gasteiger partial charge in [0.2, 0.25) is 0 Å². The number of ether oxygens (including phenoxy) is 1. The average molecular weight is 478 g/mol. The minimum atomic E-state index is -3.33. The van der Waals surface area contributed by atoms with E-state index >= 15 is 0 Å². The Bertz CT molecular complexity index is 1130. The van der Waals surface area contributed by atoms with Crippen molar-refractivity contribution in [2.24, 2.45) is 5.16 Å². The number of sulfone groups is 1. The Labute approximate surface area is 189 Å². The van der Waals surface area contributed by atoms with Gasteiger partial charge in [-0.3, -0.25) is 10.1 Å². The van der Waals surface area contributed by atoms with E-state index < -0.39 is 21.7 Å². The van der Waals surface area contributed by atoms with E-state index in [2.05, 4.69) is 20.2 Å². The first kappa shape index (κ1) is 22.4.